The first-order valence-electron chi connectivity index (χ1n) is 4.75. The third kappa shape index (κ3) is 1.78. The third-order valence-electron chi connectivity index (χ3n) is 2.99. The zero-order valence-electron chi connectivity index (χ0n) is 8.42. The molecule has 0 spiro atoms. The molecule has 0 bridgehead atoms. The molecule has 0 N–H and O–H groups in total. The Balaban J connectivity index is 3.15. The topological polar surface area (TPSA) is 0 Å². The van der Waals surface area contributed by atoms with Crippen molar-refractivity contribution in [3.63, 3.8) is 0 Å². The van der Waals surface area contributed by atoms with Crippen molar-refractivity contribution in [1.82, 2.24) is 0 Å². The first-order valence-corrected chi connectivity index (χ1v) is 4.75. The largest absolute Gasteiger partial charge is 0.428 e. The van der Waals surface area contributed by atoms with Crippen molar-refractivity contribution < 1.29 is 30.7 Å². The molecule has 1 saturated carbocycles. The lowest BCUT2D eigenvalue weighted by molar-refractivity contribution is -0.333. The molecule has 0 heterocycles. The minimum absolute atomic E-state index is 0.439. The summed E-state index contributed by atoms with van der Waals surface area (Å²) in [5, 5.41) is 0. The molecule has 0 saturated heterocycles. The standard InChI is InChI=1S/C9H11F7/c1-5-2-6(4-10)8(12,13)7(11,3-5)9(14,15)16/h5-6H,2-4H2,1H3. The molecule has 3 unspecified atom stereocenters. The number of hydrogen-bond donors (Lipinski definition) is 0. The molecule has 16 heavy (non-hydrogen) atoms. The van der Waals surface area contributed by atoms with Crippen LogP contribution in [0.15, 0.2) is 0 Å². The molecule has 0 aromatic carbocycles. The molecule has 1 rings (SSSR count). The van der Waals surface area contributed by atoms with Gasteiger partial charge in [-0.25, -0.2) is 13.2 Å². The first kappa shape index (κ1) is 13.6. The predicted octanol–water partition coefficient (Wildman–Crippen LogP) is 3.91. The quantitative estimate of drug-likeness (QED) is 0.621. The molecule has 3 atom stereocenters. The highest BCUT2D eigenvalue weighted by Crippen LogP contribution is 2.56. The van der Waals surface area contributed by atoms with E-state index >= 15 is 0 Å². The van der Waals surface area contributed by atoms with Gasteiger partial charge in [-0.2, -0.15) is 13.2 Å². The van der Waals surface area contributed by atoms with Crippen molar-refractivity contribution >= 4 is 0 Å². The molecular formula is C9H11F7. The highest BCUT2D eigenvalue weighted by Gasteiger charge is 2.74. The van der Waals surface area contributed by atoms with Gasteiger partial charge < -0.3 is 0 Å². The molecule has 0 nitrogen and oxygen atoms in total. The number of halogens is 7. The Kier molecular flexibility index (Phi) is 3.20. The van der Waals surface area contributed by atoms with Gasteiger partial charge in [0.15, 0.2) is 0 Å². The van der Waals surface area contributed by atoms with Crippen LogP contribution in [0, 0.1) is 11.8 Å². The fourth-order valence-electron chi connectivity index (χ4n) is 2.12. The second-order valence-corrected chi connectivity index (χ2v) is 4.32. The molecule has 0 aromatic rings. The molecule has 1 fully saturated rings. The van der Waals surface area contributed by atoms with Crippen LogP contribution in [0.3, 0.4) is 0 Å². The van der Waals surface area contributed by atoms with Gasteiger partial charge in [-0.3, -0.25) is 4.39 Å². The summed E-state index contributed by atoms with van der Waals surface area (Å²) in [6.45, 7) is -0.447. The summed E-state index contributed by atoms with van der Waals surface area (Å²) < 4.78 is 89.3. The average molecular weight is 252 g/mol. The summed E-state index contributed by atoms with van der Waals surface area (Å²) in [5.41, 5.74) is -4.62. The van der Waals surface area contributed by atoms with Crippen molar-refractivity contribution in [1.29, 1.82) is 0 Å². The van der Waals surface area contributed by atoms with Crippen molar-refractivity contribution in [2.24, 2.45) is 11.8 Å². The zero-order chi connectivity index (χ0) is 12.8. The Morgan fingerprint density at radius 2 is 1.69 bits per heavy atom. The fourth-order valence-corrected chi connectivity index (χ4v) is 2.12. The van der Waals surface area contributed by atoms with Crippen molar-refractivity contribution in [3.05, 3.63) is 0 Å². The normalized spacial score (nSPS) is 39.8. The molecule has 0 aromatic heterocycles. The minimum Gasteiger partial charge on any atom is -0.251 e. The van der Waals surface area contributed by atoms with Gasteiger partial charge in [-0.15, -0.1) is 0 Å². The van der Waals surface area contributed by atoms with E-state index in [1.54, 1.807) is 0 Å². The molecule has 0 amide bonds. The molecule has 7 heteroatoms. The van der Waals surface area contributed by atoms with Crippen LogP contribution in [-0.4, -0.2) is 24.4 Å². The molecule has 1 aliphatic rings. The minimum atomic E-state index is -5.68. The van der Waals surface area contributed by atoms with Gasteiger partial charge in [0.1, 0.15) is 0 Å². The van der Waals surface area contributed by atoms with Gasteiger partial charge in [-0.1, -0.05) is 6.92 Å². The number of alkyl halides is 7. The lowest BCUT2D eigenvalue weighted by Gasteiger charge is -2.44. The highest BCUT2D eigenvalue weighted by atomic mass is 19.4. The van der Waals surface area contributed by atoms with E-state index in [1.807, 2.05) is 0 Å². The molecular weight excluding hydrogens is 241 g/mol. The Morgan fingerprint density at radius 1 is 1.19 bits per heavy atom. The number of rotatable bonds is 1. The van der Waals surface area contributed by atoms with Crippen LogP contribution in [0.1, 0.15) is 19.8 Å². The lowest BCUT2D eigenvalue weighted by atomic mass is 9.71. The average Bonchev–Trinajstić information content (AvgIpc) is 2.09. The van der Waals surface area contributed by atoms with E-state index in [1.165, 1.54) is 6.92 Å². The molecule has 0 radical (unpaired) electrons. The van der Waals surface area contributed by atoms with Crippen LogP contribution < -0.4 is 0 Å². The van der Waals surface area contributed by atoms with Gasteiger partial charge in [0.05, 0.1) is 12.6 Å². The van der Waals surface area contributed by atoms with Crippen LogP contribution >= 0.6 is 0 Å². The van der Waals surface area contributed by atoms with Gasteiger partial charge in [-0.05, 0) is 18.8 Å². The fraction of sp³-hybridized carbons (Fsp3) is 1.00. The summed E-state index contributed by atoms with van der Waals surface area (Å²) in [4.78, 5) is 0. The summed E-state index contributed by atoms with van der Waals surface area (Å²) in [7, 11) is 0. The second kappa shape index (κ2) is 3.77. The Bertz CT molecular complexity index is 259. The van der Waals surface area contributed by atoms with Gasteiger partial charge in [0.25, 0.3) is 11.6 Å². The van der Waals surface area contributed by atoms with Crippen molar-refractivity contribution in [2.45, 2.75) is 37.5 Å². The van der Waals surface area contributed by atoms with Crippen molar-refractivity contribution in [3.8, 4) is 0 Å². The maximum atomic E-state index is 13.5. The van der Waals surface area contributed by atoms with E-state index in [4.69, 9.17) is 0 Å². The van der Waals surface area contributed by atoms with Crippen LogP contribution in [0.5, 0.6) is 0 Å². The smallest absolute Gasteiger partial charge is 0.251 e. The Morgan fingerprint density at radius 3 is 2.06 bits per heavy atom. The Hall–Kier alpha value is -0.490. The van der Waals surface area contributed by atoms with Gasteiger partial charge in [0.2, 0.25) is 0 Å². The molecule has 0 aliphatic heterocycles. The zero-order valence-corrected chi connectivity index (χ0v) is 8.42. The summed E-state index contributed by atoms with van der Waals surface area (Å²) in [6, 6.07) is 0. The predicted molar refractivity (Wildman–Crippen MR) is 42.7 cm³/mol. The SMILES string of the molecule is CC1CC(CF)C(F)(F)C(F)(C(F)(F)F)C1. The van der Waals surface area contributed by atoms with E-state index < -0.39 is 49.1 Å². The van der Waals surface area contributed by atoms with E-state index in [-0.39, 0.29) is 0 Å². The molecule has 96 valence electrons. The monoisotopic (exact) mass is 252 g/mol. The van der Waals surface area contributed by atoms with Crippen LogP contribution in [0.4, 0.5) is 30.7 Å². The first-order chi connectivity index (χ1) is 7.06. The van der Waals surface area contributed by atoms with Crippen LogP contribution in [0.25, 0.3) is 0 Å². The maximum Gasteiger partial charge on any atom is 0.428 e. The van der Waals surface area contributed by atoms with E-state index in [0.717, 1.165) is 0 Å². The third-order valence-corrected chi connectivity index (χ3v) is 2.99. The summed E-state index contributed by atoms with van der Waals surface area (Å²) in [5.74, 6) is -7.83. The van der Waals surface area contributed by atoms with E-state index in [9.17, 15) is 30.7 Å². The maximum absolute atomic E-state index is 13.5. The number of hydrogen-bond acceptors (Lipinski definition) is 0. The van der Waals surface area contributed by atoms with E-state index in [2.05, 4.69) is 0 Å². The Labute approximate surface area is 87.8 Å². The van der Waals surface area contributed by atoms with Crippen LogP contribution in [0.2, 0.25) is 0 Å². The lowest BCUT2D eigenvalue weighted by Crippen LogP contribution is -2.62. The second-order valence-electron chi connectivity index (χ2n) is 4.32. The highest BCUT2D eigenvalue weighted by molar-refractivity contribution is 5.07. The van der Waals surface area contributed by atoms with Crippen LogP contribution in [-0.2, 0) is 0 Å². The molecule has 1 aliphatic carbocycles. The van der Waals surface area contributed by atoms with Gasteiger partial charge in [0, 0.05) is 0 Å². The summed E-state index contributed by atoms with van der Waals surface area (Å²) in [6.07, 6.45) is -7.44. The van der Waals surface area contributed by atoms with Crippen molar-refractivity contribution in [2.75, 3.05) is 6.67 Å². The summed E-state index contributed by atoms with van der Waals surface area (Å²) >= 11 is 0. The van der Waals surface area contributed by atoms with E-state index in [0.29, 0.717) is 0 Å². The van der Waals surface area contributed by atoms with Gasteiger partial charge >= 0.3 is 6.18 Å².